The van der Waals surface area contributed by atoms with Gasteiger partial charge in [0.1, 0.15) is 18.4 Å². The SMILES string of the molecule is COC(=O)C(N)C1COC1.COC(=O)C(NCc1ccc(C(F)(F)F)cc1)C1COC1.Cc1ccc(C=O)cc1. The Morgan fingerprint density at radius 2 is 1.48 bits per heavy atom. The van der Waals surface area contributed by atoms with Crippen LogP contribution in [0.25, 0.3) is 0 Å². The molecule has 3 N–H and O–H groups in total. The molecule has 2 atom stereocenters. The highest BCUT2D eigenvalue weighted by atomic mass is 19.4. The Morgan fingerprint density at radius 1 is 0.950 bits per heavy atom. The maximum Gasteiger partial charge on any atom is 0.416 e. The standard InChI is InChI=1S/C14H16F3NO3.C8H8O.C6H11NO3/c1-20-13(19)12(10-7-21-8-10)18-6-9-2-4-11(5-3-9)14(15,16)17;1-7-2-4-8(6-9)5-3-7;1-9-6(8)5(7)4-2-10-3-4/h2-5,10,12,18H,6-8H2,1H3;2-6H,1H3;4-5H,2-3,7H2,1H3. The van der Waals surface area contributed by atoms with E-state index in [2.05, 4.69) is 10.1 Å². The molecule has 0 amide bonds. The van der Waals surface area contributed by atoms with Crippen molar-refractivity contribution < 1.29 is 46.5 Å². The summed E-state index contributed by atoms with van der Waals surface area (Å²) < 4.78 is 56.4. The zero-order chi connectivity index (χ0) is 29.7. The van der Waals surface area contributed by atoms with Crippen molar-refractivity contribution in [3.05, 3.63) is 70.8 Å². The number of rotatable bonds is 8. The van der Waals surface area contributed by atoms with Crippen LogP contribution in [0.1, 0.15) is 27.0 Å². The van der Waals surface area contributed by atoms with Gasteiger partial charge in [-0.25, -0.2) is 0 Å². The third-order valence-electron chi connectivity index (χ3n) is 6.26. The summed E-state index contributed by atoms with van der Waals surface area (Å²) >= 11 is 0. The minimum Gasteiger partial charge on any atom is -0.468 e. The Morgan fingerprint density at radius 3 is 1.88 bits per heavy atom. The van der Waals surface area contributed by atoms with Crippen molar-refractivity contribution in [2.45, 2.75) is 31.7 Å². The number of hydrogen-bond acceptors (Lipinski definition) is 9. The summed E-state index contributed by atoms with van der Waals surface area (Å²) in [6, 6.07) is 11.3. The van der Waals surface area contributed by atoms with Crippen molar-refractivity contribution in [3.8, 4) is 0 Å². The number of nitrogens with two attached hydrogens (primary N) is 1. The third-order valence-corrected chi connectivity index (χ3v) is 6.26. The summed E-state index contributed by atoms with van der Waals surface area (Å²) in [4.78, 5) is 32.5. The van der Waals surface area contributed by atoms with E-state index >= 15 is 0 Å². The zero-order valence-electron chi connectivity index (χ0n) is 22.6. The van der Waals surface area contributed by atoms with E-state index in [1.165, 1.54) is 31.9 Å². The quantitative estimate of drug-likeness (QED) is 0.365. The second-order valence-corrected chi connectivity index (χ2v) is 9.25. The lowest BCUT2D eigenvalue weighted by Crippen LogP contribution is -2.50. The molecule has 2 saturated heterocycles. The Balaban J connectivity index is 0.000000243. The van der Waals surface area contributed by atoms with E-state index in [1.54, 1.807) is 0 Å². The molecule has 9 nitrogen and oxygen atoms in total. The summed E-state index contributed by atoms with van der Waals surface area (Å²) in [6.07, 6.45) is -3.50. The Hall–Kier alpha value is -3.32. The van der Waals surface area contributed by atoms with Gasteiger partial charge in [-0.05, 0) is 24.6 Å². The lowest BCUT2D eigenvalue weighted by Gasteiger charge is -2.32. The van der Waals surface area contributed by atoms with E-state index in [0.717, 1.165) is 24.0 Å². The smallest absolute Gasteiger partial charge is 0.416 e. The summed E-state index contributed by atoms with van der Waals surface area (Å²) in [5, 5.41) is 3.01. The van der Waals surface area contributed by atoms with E-state index in [1.807, 2.05) is 31.2 Å². The Kier molecular flexibility index (Phi) is 13.2. The molecule has 0 bridgehead atoms. The number of halogens is 3. The van der Waals surface area contributed by atoms with Crippen LogP contribution in [0.5, 0.6) is 0 Å². The molecule has 4 rings (SSSR count). The predicted molar refractivity (Wildman–Crippen MR) is 139 cm³/mol. The minimum absolute atomic E-state index is 0.0342. The predicted octanol–water partition coefficient (Wildman–Crippen LogP) is 2.92. The normalized spacial score (nSPS) is 16.4. The average molecular weight is 569 g/mol. The summed E-state index contributed by atoms with van der Waals surface area (Å²) in [6.45, 7) is 4.38. The number of aryl methyl sites for hydroxylation is 1. The van der Waals surface area contributed by atoms with Gasteiger partial charge in [0.2, 0.25) is 0 Å². The average Bonchev–Trinajstić information content (AvgIpc) is 2.89. The van der Waals surface area contributed by atoms with E-state index in [-0.39, 0.29) is 24.3 Å². The van der Waals surface area contributed by atoms with Crippen molar-refractivity contribution in [2.75, 3.05) is 40.6 Å². The summed E-state index contributed by atoms with van der Waals surface area (Å²) in [7, 11) is 2.64. The number of aldehydes is 1. The van der Waals surface area contributed by atoms with Gasteiger partial charge in [0.15, 0.2) is 0 Å². The fourth-order valence-electron chi connectivity index (χ4n) is 3.49. The van der Waals surface area contributed by atoms with Gasteiger partial charge < -0.3 is 24.7 Å². The van der Waals surface area contributed by atoms with Gasteiger partial charge in [0.05, 0.1) is 46.2 Å². The Labute approximate surface area is 231 Å². The summed E-state index contributed by atoms with van der Waals surface area (Å²) in [5.41, 5.74) is 7.37. The molecule has 0 aliphatic carbocycles. The number of carbonyl (C=O) groups is 3. The van der Waals surface area contributed by atoms with Gasteiger partial charge in [0, 0.05) is 23.9 Å². The maximum atomic E-state index is 12.5. The fraction of sp³-hybridized carbons (Fsp3) is 0.464. The molecule has 2 aliphatic heterocycles. The molecule has 2 unspecified atom stereocenters. The van der Waals surface area contributed by atoms with Crippen LogP contribution in [0.2, 0.25) is 0 Å². The van der Waals surface area contributed by atoms with Crippen LogP contribution in [-0.4, -0.2) is 71.0 Å². The van der Waals surface area contributed by atoms with Crippen LogP contribution in [0.4, 0.5) is 13.2 Å². The van der Waals surface area contributed by atoms with E-state index in [0.29, 0.717) is 32.0 Å². The zero-order valence-corrected chi connectivity index (χ0v) is 22.6. The number of carbonyl (C=O) groups excluding carboxylic acids is 3. The van der Waals surface area contributed by atoms with Crippen LogP contribution in [-0.2, 0) is 41.3 Å². The van der Waals surface area contributed by atoms with Crippen LogP contribution in [0.3, 0.4) is 0 Å². The molecule has 2 fully saturated rings. The molecule has 0 saturated carbocycles. The van der Waals surface area contributed by atoms with E-state index in [4.69, 9.17) is 19.9 Å². The highest BCUT2D eigenvalue weighted by Gasteiger charge is 2.34. The number of hydrogen-bond donors (Lipinski definition) is 2. The number of esters is 2. The minimum atomic E-state index is -4.34. The first-order valence-electron chi connectivity index (χ1n) is 12.5. The molecule has 0 radical (unpaired) electrons. The number of nitrogens with one attached hydrogen (secondary N) is 1. The van der Waals surface area contributed by atoms with Crippen molar-refractivity contribution in [2.24, 2.45) is 17.6 Å². The molecule has 0 spiro atoms. The molecule has 2 aliphatic rings. The molecule has 2 aromatic rings. The van der Waals surface area contributed by atoms with Crippen molar-refractivity contribution in [3.63, 3.8) is 0 Å². The second kappa shape index (κ2) is 16.1. The van der Waals surface area contributed by atoms with Gasteiger partial charge >= 0.3 is 18.1 Å². The molecule has 12 heteroatoms. The van der Waals surface area contributed by atoms with Crippen LogP contribution >= 0.6 is 0 Å². The van der Waals surface area contributed by atoms with Crippen LogP contribution in [0.15, 0.2) is 48.5 Å². The highest BCUT2D eigenvalue weighted by molar-refractivity contribution is 5.76. The Bertz CT molecular complexity index is 1070. The first-order chi connectivity index (χ1) is 19.0. The third kappa shape index (κ3) is 10.3. The number of ether oxygens (including phenoxy) is 4. The molecule has 0 aromatic heterocycles. The first-order valence-corrected chi connectivity index (χ1v) is 12.5. The van der Waals surface area contributed by atoms with Crippen LogP contribution < -0.4 is 11.1 Å². The molecule has 2 heterocycles. The maximum absolute atomic E-state index is 12.5. The fourth-order valence-corrected chi connectivity index (χ4v) is 3.49. The van der Waals surface area contributed by atoms with Gasteiger partial charge in [-0.1, -0.05) is 42.0 Å². The molecular weight excluding hydrogens is 533 g/mol. The highest BCUT2D eigenvalue weighted by Crippen LogP contribution is 2.29. The van der Waals surface area contributed by atoms with Gasteiger partial charge in [-0.2, -0.15) is 13.2 Å². The number of benzene rings is 2. The lowest BCUT2D eigenvalue weighted by molar-refractivity contribution is -0.151. The number of methoxy groups -OCH3 is 2. The van der Waals surface area contributed by atoms with Gasteiger partial charge in [-0.15, -0.1) is 0 Å². The molecule has 40 heavy (non-hydrogen) atoms. The summed E-state index contributed by atoms with van der Waals surface area (Å²) in [5.74, 6) is -0.553. The van der Waals surface area contributed by atoms with E-state index < -0.39 is 29.8 Å². The lowest BCUT2D eigenvalue weighted by atomic mass is 9.97. The monoisotopic (exact) mass is 568 g/mol. The van der Waals surface area contributed by atoms with Gasteiger partial charge in [0.25, 0.3) is 0 Å². The van der Waals surface area contributed by atoms with Crippen LogP contribution in [0, 0.1) is 18.8 Å². The molecule has 2 aromatic carbocycles. The molecular formula is C28H35F3N2O7. The van der Waals surface area contributed by atoms with Crippen molar-refractivity contribution in [1.82, 2.24) is 5.32 Å². The number of alkyl halides is 3. The largest absolute Gasteiger partial charge is 0.468 e. The van der Waals surface area contributed by atoms with Crippen molar-refractivity contribution >= 4 is 18.2 Å². The molecule has 220 valence electrons. The first kappa shape index (κ1) is 32.9. The van der Waals surface area contributed by atoms with Crippen molar-refractivity contribution in [1.29, 1.82) is 0 Å². The second-order valence-electron chi connectivity index (χ2n) is 9.25. The topological polar surface area (TPSA) is 126 Å². The van der Waals surface area contributed by atoms with E-state index in [9.17, 15) is 27.6 Å². The van der Waals surface area contributed by atoms with Gasteiger partial charge in [-0.3, -0.25) is 19.7 Å².